The molecule has 0 saturated carbocycles. The van der Waals surface area contributed by atoms with Gasteiger partial charge in [-0.15, -0.1) is 0 Å². The molecule has 18 heavy (non-hydrogen) atoms. The van der Waals surface area contributed by atoms with Crippen molar-refractivity contribution in [1.82, 2.24) is 10.2 Å². The topological polar surface area (TPSA) is 28.4 Å². The lowest BCUT2D eigenvalue weighted by Gasteiger charge is -2.31. The molecule has 3 heteroatoms. The third-order valence-corrected chi connectivity index (χ3v) is 3.38. The van der Waals surface area contributed by atoms with Gasteiger partial charge in [0.1, 0.15) is 5.76 Å². The van der Waals surface area contributed by atoms with Gasteiger partial charge in [0, 0.05) is 25.2 Å². The molecule has 1 heterocycles. The van der Waals surface area contributed by atoms with Gasteiger partial charge in [0.05, 0.1) is 12.3 Å². The fourth-order valence-corrected chi connectivity index (χ4v) is 2.42. The maximum atomic E-state index is 5.46. The Bertz CT molecular complexity index is 298. The number of rotatable bonds is 8. The zero-order valence-corrected chi connectivity index (χ0v) is 12.4. The van der Waals surface area contributed by atoms with E-state index in [9.17, 15) is 0 Å². The van der Waals surface area contributed by atoms with Gasteiger partial charge in [-0.1, -0.05) is 6.92 Å². The molecule has 0 amide bonds. The maximum absolute atomic E-state index is 5.46. The molecule has 3 nitrogen and oxygen atoms in total. The summed E-state index contributed by atoms with van der Waals surface area (Å²) in [4.78, 5) is 2.50. The van der Waals surface area contributed by atoms with E-state index in [1.54, 1.807) is 6.26 Å². The van der Waals surface area contributed by atoms with Gasteiger partial charge in [0.15, 0.2) is 0 Å². The molecule has 0 spiro atoms. The van der Waals surface area contributed by atoms with E-state index in [1.807, 2.05) is 12.1 Å². The van der Waals surface area contributed by atoms with Gasteiger partial charge in [-0.25, -0.2) is 0 Å². The minimum absolute atomic E-state index is 0.334. The van der Waals surface area contributed by atoms with Gasteiger partial charge in [-0.05, 0) is 46.2 Å². The first-order chi connectivity index (χ1) is 8.56. The molecule has 104 valence electrons. The number of nitrogens with zero attached hydrogens (tertiary/aromatic N) is 1. The van der Waals surface area contributed by atoms with E-state index < -0.39 is 0 Å². The van der Waals surface area contributed by atoms with Crippen LogP contribution in [-0.2, 0) is 0 Å². The van der Waals surface area contributed by atoms with E-state index in [2.05, 4.69) is 44.8 Å². The zero-order valence-electron chi connectivity index (χ0n) is 12.4. The highest BCUT2D eigenvalue weighted by molar-refractivity contribution is 5.03. The van der Waals surface area contributed by atoms with Crippen LogP contribution in [0.4, 0.5) is 0 Å². The second-order valence-corrected chi connectivity index (χ2v) is 5.36. The summed E-state index contributed by atoms with van der Waals surface area (Å²) in [6.07, 6.45) is 2.80. The van der Waals surface area contributed by atoms with E-state index >= 15 is 0 Å². The van der Waals surface area contributed by atoms with E-state index in [-0.39, 0.29) is 0 Å². The van der Waals surface area contributed by atoms with Crippen molar-refractivity contribution in [2.24, 2.45) is 0 Å². The predicted molar refractivity (Wildman–Crippen MR) is 76.7 cm³/mol. The van der Waals surface area contributed by atoms with Crippen molar-refractivity contribution in [2.75, 3.05) is 13.1 Å². The van der Waals surface area contributed by atoms with Crippen molar-refractivity contribution >= 4 is 0 Å². The molecule has 1 rings (SSSR count). The van der Waals surface area contributed by atoms with Crippen molar-refractivity contribution in [3.05, 3.63) is 24.2 Å². The Morgan fingerprint density at radius 1 is 1.22 bits per heavy atom. The Hall–Kier alpha value is -0.800. The van der Waals surface area contributed by atoms with Gasteiger partial charge in [-0.3, -0.25) is 4.90 Å². The maximum Gasteiger partial charge on any atom is 0.120 e. The van der Waals surface area contributed by atoms with Crippen LogP contribution in [0.2, 0.25) is 0 Å². The Balaban J connectivity index is 2.39. The van der Waals surface area contributed by atoms with Crippen LogP contribution in [0.25, 0.3) is 0 Å². The molecule has 0 fully saturated rings. The van der Waals surface area contributed by atoms with Gasteiger partial charge < -0.3 is 9.73 Å². The van der Waals surface area contributed by atoms with E-state index in [0.29, 0.717) is 18.1 Å². The van der Waals surface area contributed by atoms with Crippen LogP contribution in [0, 0.1) is 0 Å². The molecule has 1 N–H and O–H groups in total. The number of hydrogen-bond acceptors (Lipinski definition) is 3. The Labute approximate surface area is 112 Å². The smallest absolute Gasteiger partial charge is 0.120 e. The van der Waals surface area contributed by atoms with Crippen molar-refractivity contribution in [2.45, 2.75) is 59.2 Å². The summed E-state index contributed by atoms with van der Waals surface area (Å²) in [6, 6.07) is 5.52. The van der Waals surface area contributed by atoms with Gasteiger partial charge in [-0.2, -0.15) is 0 Å². The Kier molecular flexibility index (Phi) is 6.44. The highest BCUT2D eigenvalue weighted by atomic mass is 16.3. The molecule has 0 aliphatic carbocycles. The number of hydrogen-bond donors (Lipinski definition) is 1. The Morgan fingerprint density at radius 3 is 2.33 bits per heavy atom. The number of furan rings is 1. The van der Waals surface area contributed by atoms with Crippen LogP contribution >= 0.6 is 0 Å². The molecule has 0 radical (unpaired) electrons. The zero-order chi connectivity index (χ0) is 13.5. The van der Waals surface area contributed by atoms with Crippen LogP contribution in [0.1, 0.15) is 52.8 Å². The van der Waals surface area contributed by atoms with E-state index in [0.717, 1.165) is 25.3 Å². The quantitative estimate of drug-likeness (QED) is 0.768. The molecule has 0 bridgehead atoms. The summed E-state index contributed by atoms with van der Waals surface area (Å²) in [5.74, 6) is 1.04. The minimum Gasteiger partial charge on any atom is -0.468 e. The molecule has 0 aliphatic heterocycles. The summed E-state index contributed by atoms with van der Waals surface area (Å²) in [5, 5.41) is 3.58. The fourth-order valence-electron chi connectivity index (χ4n) is 2.42. The predicted octanol–water partition coefficient (Wildman–Crippen LogP) is 3.44. The largest absolute Gasteiger partial charge is 0.468 e. The van der Waals surface area contributed by atoms with Gasteiger partial charge >= 0.3 is 0 Å². The molecule has 0 saturated heterocycles. The second-order valence-electron chi connectivity index (χ2n) is 5.36. The highest BCUT2D eigenvalue weighted by Gasteiger charge is 2.15. The SMILES string of the molecule is CCC(NCCN(C(C)C)C(C)C)c1ccco1. The normalized spacial score (nSPS) is 13.8. The van der Waals surface area contributed by atoms with Gasteiger partial charge in [0.25, 0.3) is 0 Å². The molecule has 0 aromatic carbocycles. The lowest BCUT2D eigenvalue weighted by Crippen LogP contribution is -2.42. The first kappa shape index (κ1) is 15.3. The van der Waals surface area contributed by atoms with Crippen LogP contribution in [0.3, 0.4) is 0 Å². The lowest BCUT2D eigenvalue weighted by atomic mass is 10.1. The van der Waals surface area contributed by atoms with Crippen LogP contribution in [-0.4, -0.2) is 30.1 Å². The Morgan fingerprint density at radius 2 is 1.89 bits per heavy atom. The highest BCUT2D eigenvalue weighted by Crippen LogP contribution is 2.16. The van der Waals surface area contributed by atoms with Crippen molar-refractivity contribution in [3.63, 3.8) is 0 Å². The third-order valence-electron chi connectivity index (χ3n) is 3.38. The van der Waals surface area contributed by atoms with Gasteiger partial charge in [0.2, 0.25) is 0 Å². The van der Waals surface area contributed by atoms with Crippen LogP contribution < -0.4 is 5.32 Å². The average molecular weight is 252 g/mol. The second kappa shape index (κ2) is 7.59. The molecular weight excluding hydrogens is 224 g/mol. The molecular formula is C15H28N2O. The van der Waals surface area contributed by atoms with Crippen molar-refractivity contribution < 1.29 is 4.42 Å². The van der Waals surface area contributed by atoms with E-state index in [1.165, 1.54) is 0 Å². The molecule has 1 aromatic heterocycles. The first-order valence-corrected chi connectivity index (χ1v) is 7.08. The molecule has 1 atom stereocenters. The molecule has 0 aliphatic rings. The summed E-state index contributed by atoms with van der Waals surface area (Å²) in [5.41, 5.74) is 0. The number of nitrogens with one attached hydrogen (secondary N) is 1. The fraction of sp³-hybridized carbons (Fsp3) is 0.733. The first-order valence-electron chi connectivity index (χ1n) is 7.08. The summed E-state index contributed by atoms with van der Waals surface area (Å²) in [6.45, 7) is 13.3. The molecule has 1 unspecified atom stereocenters. The van der Waals surface area contributed by atoms with Crippen molar-refractivity contribution in [3.8, 4) is 0 Å². The molecule has 1 aromatic rings. The summed E-state index contributed by atoms with van der Waals surface area (Å²) < 4.78 is 5.46. The van der Waals surface area contributed by atoms with Crippen LogP contribution in [0.5, 0.6) is 0 Å². The van der Waals surface area contributed by atoms with Crippen molar-refractivity contribution in [1.29, 1.82) is 0 Å². The van der Waals surface area contributed by atoms with Crippen LogP contribution in [0.15, 0.2) is 22.8 Å². The average Bonchev–Trinajstić information content (AvgIpc) is 2.81. The third kappa shape index (κ3) is 4.46. The van der Waals surface area contributed by atoms with E-state index in [4.69, 9.17) is 4.42 Å². The summed E-state index contributed by atoms with van der Waals surface area (Å²) in [7, 11) is 0. The summed E-state index contributed by atoms with van der Waals surface area (Å²) >= 11 is 0. The minimum atomic E-state index is 0.334. The lowest BCUT2D eigenvalue weighted by molar-refractivity contribution is 0.173. The monoisotopic (exact) mass is 252 g/mol. The standard InChI is InChI=1S/C15H28N2O/c1-6-14(15-8-7-11-18-15)16-9-10-17(12(2)3)13(4)5/h7-8,11-14,16H,6,9-10H2,1-5H3.